The number of esters is 1. The van der Waals surface area contributed by atoms with Crippen molar-refractivity contribution in [1.29, 1.82) is 0 Å². The topological polar surface area (TPSA) is 81.3 Å². The van der Waals surface area contributed by atoms with Crippen LogP contribution in [0, 0.1) is 13.8 Å². The Morgan fingerprint density at radius 2 is 2.07 bits per heavy atom. The van der Waals surface area contributed by atoms with E-state index in [0.717, 1.165) is 10.4 Å². The molecule has 2 aromatic heterocycles. The first-order valence-corrected chi connectivity index (χ1v) is 9.99. The summed E-state index contributed by atoms with van der Waals surface area (Å²) >= 11 is 1.42. The van der Waals surface area contributed by atoms with Crippen LogP contribution in [-0.4, -0.2) is 29.2 Å². The van der Waals surface area contributed by atoms with Gasteiger partial charge in [0.2, 0.25) is 0 Å². The fourth-order valence-electron chi connectivity index (χ4n) is 2.85. The minimum absolute atomic E-state index is 0.157. The summed E-state index contributed by atoms with van der Waals surface area (Å²) in [6.45, 7) is 9.74. The van der Waals surface area contributed by atoms with Crippen LogP contribution in [0.5, 0.6) is 5.75 Å². The molecule has 0 radical (unpaired) electrons. The molecule has 0 fully saturated rings. The second kappa shape index (κ2) is 8.87. The van der Waals surface area contributed by atoms with Crippen molar-refractivity contribution in [2.75, 3.05) is 13.2 Å². The summed E-state index contributed by atoms with van der Waals surface area (Å²) in [5.74, 6) is 0.180. The van der Waals surface area contributed by atoms with Gasteiger partial charge in [0, 0.05) is 10.4 Å². The number of thiophene rings is 1. The fraction of sp³-hybridized carbons (Fsp3) is 0.227. The number of H-pyrrole nitrogens is 1. The Morgan fingerprint density at radius 1 is 1.31 bits per heavy atom. The smallest absolute Gasteiger partial charge is 0.341 e. The summed E-state index contributed by atoms with van der Waals surface area (Å²) in [5, 5.41) is 0.550. The number of nitrogens with zero attached hydrogens (tertiary/aromatic N) is 1. The Bertz CT molecular complexity index is 1160. The minimum Gasteiger partial charge on any atom is -0.489 e. The number of hydrogen-bond donors (Lipinski definition) is 1. The van der Waals surface area contributed by atoms with Gasteiger partial charge in [-0.05, 0) is 38.5 Å². The third-order valence-corrected chi connectivity index (χ3v) is 5.47. The Kier molecular flexibility index (Phi) is 6.29. The average Bonchev–Trinajstić information content (AvgIpc) is 2.99. The molecule has 6 nitrogen and oxygen atoms in total. The molecule has 0 saturated heterocycles. The van der Waals surface area contributed by atoms with E-state index in [4.69, 9.17) is 9.47 Å². The number of fused-ring (bicyclic) bond motifs is 1. The summed E-state index contributed by atoms with van der Waals surface area (Å²) < 4.78 is 10.9. The summed E-state index contributed by atoms with van der Waals surface area (Å²) in [4.78, 5) is 34.3. The van der Waals surface area contributed by atoms with Crippen LogP contribution in [0.25, 0.3) is 21.9 Å². The molecule has 2 heterocycles. The van der Waals surface area contributed by atoms with Gasteiger partial charge in [-0.15, -0.1) is 11.3 Å². The highest BCUT2D eigenvalue weighted by atomic mass is 32.1. The van der Waals surface area contributed by atoms with E-state index in [1.54, 1.807) is 25.1 Å². The Hall–Kier alpha value is -3.19. The van der Waals surface area contributed by atoms with E-state index in [1.807, 2.05) is 32.0 Å². The number of aryl methyl sites for hydroxylation is 2. The number of ether oxygens (including phenoxy) is 2. The van der Waals surface area contributed by atoms with Crippen LogP contribution < -0.4 is 10.3 Å². The lowest BCUT2D eigenvalue weighted by Gasteiger charge is -2.10. The number of aromatic nitrogens is 2. The number of carbonyl (C=O) groups is 1. The molecule has 3 aromatic rings. The molecular weight excluding hydrogens is 388 g/mol. The molecule has 0 amide bonds. The van der Waals surface area contributed by atoms with Gasteiger partial charge >= 0.3 is 5.97 Å². The average molecular weight is 410 g/mol. The lowest BCUT2D eigenvalue weighted by Crippen LogP contribution is -2.15. The van der Waals surface area contributed by atoms with Gasteiger partial charge in [-0.25, -0.2) is 9.78 Å². The Morgan fingerprint density at radius 3 is 2.79 bits per heavy atom. The van der Waals surface area contributed by atoms with E-state index >= 15 is 0 Å². The Balaban J connectivity index is 2.18. The van der Waals surface area contributed by atoms with Crippen LogP contribution in [0.2, 0.25) is 0 Å². The summed E-state index contributed by atoms with van der Waals surface area (Å²) in [7, 11) is 0. The second-order valence-corrected chi connectivity index (χ2v) is 7.50. The number of carbonyl (C=O) groups excluding carboxylic acids is 1. The lowest BCUT2D eigenvalue weighted by atomic mass is 10.1. The van der Waals surface area contributed by atoms with Gasteiger partial charge in [0.15, 0.2) is 0 Å². The maximum atomic E-state index is 12.7. The summed E-state index contributed by atoms with van der Waals surface area (Å²) in [6.07, 6.45) is 3.26. The van der Waals surface area contributed by atoms with E-state index in [2.05, 4.69) is 16.5 Å². The molecule has 1 aromatic carbocycles. The quantitative estimate of drug-likeness (QED) is 0.357. The van der Waals surface area contributed by atoms with Gasteiger partial charge in [0.1, 0.15) is 28.6 Å². The van der Waals surface area contributed by atoms with Crippen molar-refractivity contribution in [2.45, 2.75) is 20.8 Å². The molecule has 0 aliphatic carbocycles. The van der Waals surface area contributed by atoms with Gasteiger partial charge < -0.3 is 14.5 Å². The largest absolute Gasteiger partial charge is 0.489 e. The molecular formula is C22H22N2O4S. The van der Waals surface area contributed by atoms with Crippen LogP contribution in [0.1, 0.15) is 28.8 Å². The molecule has 0 aliphatic rings. The van der Waals surface area contributed by atoms with Gasteiger partial charge in [0.05, 0.1) is 12.0 Å². The van der Waals surface area contributed by atoms with E-state index in [0.29, 0.717) is 28.1 Å². The predicted octanol–water partition coefficient (Wildman–Crippen LogP) is 4.27. The lowest BCUT2D eigenvalue weighted by molar-refractivity contribution is -0.136. The highest BCUT2D eigenvalue weighted by Crippen LogP contribution is 2.28. The van der Waals surface area contributed by atoms with Crippen LogP contribution in [0.4, 0.5) is 0 Å². The van der Waals surface area contributed by atoms with Crippen LogP contribution in [-0.2, 0) is 9.53 Å². The molecule has 0 bridgehead atoms. The third kappa shape index (κ3) is 4.30. The van der Waals surface area contributed by atoms with Crippen LogP contribution in [0.15, 0.2) is 41.7 Å². The number of rotatable bonds is 7. The normalized spacial score (nSPS) is 11.5. The number of hydrogen-bond acceptors (Lipinski definition) is 6. The van der Waals surface area contributed by atoms with Crippen molar-refractivity contribution < 1.29 is 14.3 Å². The zero-order chi connectivity index (χ0) is 21.0. The molecule has 0 aliphatic heterocycles. The molecule has 1 N–H and O–H groups in total. The van der Waals surface area contributed by atoms with E-state index in [1.165, 1.54) is 11.3 Å². The number of benzene rings is 1. The van der Waals surface area contributed by atoms with Gasteiger partial charge in [-0.3, -0.25) is 4.79 Å². The van der Waals surface area contributed by atoms with E-state index < -0.39 is 5.97 Å². The molecule has 0 spiro atoms. The first kappa shape index (κ1) is 20.5. The van der Waals surface area contributed by atoms with Crippen molar-refractivity contribution in [2.24, 2.45) is 0 Å². The number of nitrogens with one attached hydrogen (secondary N) is 1. The van der Waals surface area contributed by atoms with Crippen molar-refractivity contribution >= 4 is 39.2 Å². The monoisotopic (exact) mass is 410 g/mol. The SMILES string of the molecule is C=CCOc1ccccc1/C=C(\C(=O)OCC)c1nc2sc(C)c(C)c2c(=O)[nH]1. The highest BCUT2D eigenvalue weighted by Gasteiger charge is 2.20. The zero-order valence-corrected chi connectivity index (χ0v) is 17.4. The second-order valence-electron chi connectivity index (χ2n) is 6.29. The third-order valence-electron chi connectivity index (χ3n) is 4.37. The molecule has 0 atom stereocenters. The van der Waals surface area contributed by atoms with Gasteiger partial charge in [0.25, 0.3) is 5.56 Å². The predicted molar refractivity (Wildman–Crippen MR) is 116 cm³/mol. The Labute approximate surface area is 172 Å². The van der Waals surface area contributed by atoms with Gasteiger partial charge in [-0.2, -0.15) is 0 Å². The number of para-hydroxylation sites is 1. The maximum Gasteiger partial charge on any atom is 0.341 e. The van der Waals surface area contributed by atoms with E-state index in [-0.39, 0.29) is 23.6 Å². The molecule has 0 unspecified atom stereocenters. The molecule has 29 heavy (non-hydrogen) atoms. The molecule has 7 heteroatoms. The first-order valence-electron chi connectivity index (χ1n) is 9.18. The van der Waals surface area contributed by atoms with Crippen molar-refractivity contribution in [1.82, 2.24) is 9.97 Å². The minimum atomic E-state index is -0.571. The van der Waals surface area contributed by atoms with Crippen molar-refractivity contribution in [3.05, 3.63) is 69.1 Å². The first-order chi connectivity index (χ1) is 14.0. The highest BCUT2D eigenvalue weighted by molar-refractivity contribution is 7.18. The standard InChI is InChI=1S/C22H22N2O4S/c1-5-11-28-17-10-8-7-9-15(17)12-16(22(26)27-6-2)19-23-20(25)18-13(3)14(4)29-21(18)24-19/h5,7-10,12H,1,6,11H2,2-4H3,(H,23,24,25)/b16-12-. The summed E-state index contributed by atoms with van der Waals surface area (Å²) in [6, 6.07) is 7.28. The molecule has 150 valence electrons. The van der Waals surface area contributed by atoms with Crippen LogP contribution >= 0.6 is 11.3 Å². The zero-order valence-electron chi connectivity index (χ0n) is 16.6. The maximum absolute atomic E-state index is 12.7. The molecule has 0 saturated carbocycles. The van der Waals surface area contributed by atoms with Crippen molar-refractivity contribution in [3.63, 3.8) is 0 Å². The molecule has 3 rings (SSSR count). The van der Waals surface area contributed by atoms with Gasteiger partial charge in [-0.1, -0.05) is 30.9 Å². The van der Waals surface area contributed by atoms with Crippen LogP contribution in [0.3, 0.4) is 0 Å². The fourth-order valence-corrected chi connectivity index (χ4v) is 3.88. The van der Waals surface area contributed by atoms with E-state index in [9.17, 15) is 9.59 Å². The van der Waals surface area contributed by atoms with Crippen molar-refractivity contribution in [3.8, 4) is 5.75 Å². The number of aromatic amines is 1. The summed E-state index contributed by atoms with van der Waals surface area (Å²) in [5.41, 5.74) is 1.44.